The van der Waals surface area contributed by atoms with E-state index in [4.69, 9.17) is 10.6 Å². The number of hydrogen-bond acceptors (Lipinski definition) is 11. The Balaban J connectivity index is 1.47. The van der Waals surface area contributed by atoms with Crippen LogP contribution in [0.3, 0.4) is 0 Å². The molecule has 1 heterocycles. The Morgan fingerprint density at radius 2 is 1.08 bits per heavy atom. The van der Waals surface area contributed by atoms with Gasteiger partial charge in [0.05, 0.1) is 38.8 Å². The molecule has 0 spiro atoms. The number of aliphatic carboxylic acids is 3. The summed E-state index contributed by atoms with van der Waals surface area (Å²) in [7, 11) is 0. The molecule has 7 N–H and O–H groups in total. The molecule has 3 rings (SSSR count). The maximum absolute atomic E-state index is 13.0. The Kier molecular flexibility index (Phi) is 17.3. The van der Waals surface area contributed by atoms with E-state index < -0.39 is 29.9 Å². The lowest BCUT2D eigenvalue weighted by Gasteiger charge is -2.32. The molecule has 0 saturated carbocycles. The molecular weight excluding hydrogens is 650 g/mol. The van der Waals surface area contributed by atoms with Crippen LogP contribution >= 0.6 is 0 Å². The molecule has 2 aromatic carbocycles. The van der Waals surface area contributed by atoms with Gasteiger partial charge in [0, 0.05) is 58.9 Å². The van der Waals surface area contributed by atoms with E-state index in [0.717, 1.165) is 16.7 Å². The highest BCUT2D eigenvalue weighted by Gasteiger charge is 2.21. The van der Waals surface area contributed by atoms with Crippen molar-refractivity contribution in [3.8, 4) is 0 Å². The van der Waals surface area contributed by atoms with E-state index in [1.807, 2.05) is 59.5 Å². The molecule has 16 heteroatoms. The van der Waals surface area contributed by atoms with Gasteiger partial charge in [0.2, 0.25) is 5.91 Å². The van der Waals surface area contributed by atoms with Crippen molar-refractivity contribution in [2.75, 3.05) is 78.5 Å². The quantitative estimate of drug-likeness (QED) is 0.112. The van der Waals surface area contributed by atoms with E-state index in [-0.39, 0.29) is 45.2 Å². The average molecular weight is 700 g/mol. The molecule has 1 fully saturated rings. The van der Waals surface area contributed by atoms with Gasteiger partial charge in [-0.25, -0.2) is 5.48 Å². The Labute approximate surface area is 291 Å². The monoisotopic (exact) mass is 699 g/mol. The highest BCUT2D eigenvalue weighted by atomic mass is 16.6. The molecule has 16 nitrogen and oxygen atoms in total. The van der Waals surface area contributed by atoms with Gasteiger partial charge in [-0.15, -0.1) is 0 Å². The number of rotatable bonds is 17. The summed E-state index contributed by atoms with van der Waals surface area (Å²) in [5.41, 5.74) is 11.1. The lowest BCUT2D eigenvalue weighted by Crippen LogP contribution is -2.49. The van der Waals surface area contributed by atoms with Gasteiger partial charge in [-0.05, 0) is 29.5 Å². The summed E-state index contributed by atoms with van der Waals surface area (Å²) >= 11 is 0. The minimum absolute atomic E-state index is 0.0199. The first kappa shape index (κ1) is 40.0. The number of aryl methyl sites for hydroxylation is 1. The van der Waals surface area contributed by atoms with Crippen LogP contribution in [0.1, 0.15) is 23.1 Å². The molecule has 50 heavy (non-hydrogen) atoms. The largest absolute Gasteiger partial charge is 0.480 e. The molecule has 274 valence electrons. The third-order valence-corrected chi connectivity index (χ3v) is 8.22. The molecular formula is C34H49N7O9. The van der Waals surface area contributed by atoms with Crippen molar-refractivity contribution in [3.63, 3.8) is 0 Å². The van der Waals surface area contributed by atoms with E-state index in [1.54, 1.807) is 14.7 Å². The molecule has 0 unspecified atom stereocenters. The van der Waals surface area contributed by atoms with Gasteiger partial charge in [-0.2, -0.15) is 0 Å². The second-order valence-corrected chi connectivity index (χ2v) is 12.3. The first-order valence-electron chi connectivity index (χ1n) is 16.6. The second-order valence-electron chi connectivity index (χ2n) is 12.3. The Morgan fingerprint density at radius 3 is 1.54 bits per heavy atom. The van der Waals surface area contributed by atoms with Crippen LogP contribution in [0.2, 0.25) is 0 Å². The van der Waals surface area contributed by atoms with Gasteiger partial charge in [0.25, 0.3) is 5.91 Å². The molecule has 1 saturated heterocycles. The summed E-state index contributed by atoms with van der Waals surface area (Å²) in [5, 5.41) is 31.0. The standard InChI is InChI=1S/C34H49N7O9/c35-29(11-10-26-4-2-1-3-5-26)34(49)37-50-25-28-8-6-27(7-9-28)20-36-30(42)21-38-12-14-39(22-31(43)44)16-18-41(24-33(47)48)19-17-40(15-13-38)23-32(45)46/h1-9,29H,10-25,35H2,(H,36,42)(H,37,49)(H,43,44)(H,45,46)(H,47,48)/t29-/m0/s1. The molecule has 0 radical (unpaired) electrons. The van der Waals surface area contributed by atoms with Crippen LogP contribution in [0.5, 0.6) is 0 Å². The fraction of sp³-hybridized carbons (Fsp3) is 0.500. The molecule has 1 atom stereocenters. The number of amides is 2. The number of nitrogens with one attached hydrogen (secondary N) is 2. The molecule has 0 aliphatic carbocycles. The maximum Gasteiger partial charge on any atom is 0.317 e. The third-order valence-electron chi connectivity index (χ3n) is 8.22. The fourth-order valence-corrected chi connectivity index (χ4v) is 5.36. The van der Waals surface area contributed by atoms with Crippen molar-refractivity contribution in [1.29, 1.82) is 0 Å². The number of carbonyl (C=O) groups is 5. The summed E-state index contributed by atoms with van der Waals surface area (Å²) in [6, 6.07) is 16.4. The predicted molar refractivity (Wildman–Crippen MR) is 183 cm³/mol. The van der Waals surface area contributed by atoms with Crippen molar-refractivity contribution < 1.29 is 44.1 Å². The molecule has 0 bridgehead atoms. The first-order valence-corrected chi connectivity index (χ1v) is 16.6. The van der Waals surface area contributed by atoms with Gasteiger partial charge in [-0.3, -0.25) is 48.4 Å². The number of carboxylic acid groups (broad SMARTS) is 3. The Bertz CT molecular complexity index is 1350. The van der Waals surface area contributed by atoms with Gasteiger partial charge in [-0.1, -0.05) is 54.6 Å². The van der Waals surface area contributed by atoms with E-state index in [0.29, 0.717) is 65.2 Å². The van der Waals surface area contributed by atoms with Gasteiger partial charge in [0.1, 0.15) is 0 Å². The van der Waals surface area contributed by atoms with E-state index in [9.17, 15) is 39.3 Å². The van der Waals surface area contributed by atoms with Crippen LogP contribution in [0.4, 0.5) is 0 Å². The third kappa shape index (κ3) is 16.3. The van der Waals surface area contributed by atoms with Crippen LogP contribution in [0.15, 0.2) is 54.6 Å². The van der Waals surface area contributed by atoms with E-state index >= 15 is 0 Å². The van der Waals surface area contributed by atoms with Crippen molar-refractivity contribution in [2.24, 2.45) is 5.73 Å². The Hall–Kier alpha value is -4.45. The zero-order valence-electron chi connectivity index (χ0n) is 28.2. The molecule has 2 amide bonds. The minimum atomic E-state index is -1.02. The lowest BCUT2D eigenvalue weighted by molar-refractivity contribution is -0.140. The normalized spacial score (nSPS) is 16.4. The number of carboxylic acids is 3. The van der Waals surface area contributed by atoms with Gasteiger partial charge >= 0.3 is 17.9 Å². The topological polar surface area (TPSA) is 218 Å². The van der Waals surface area contributed by atoms with Crippen molar-refractivity contribution in [1.82, 2.24) is 30.4 Å². The molecule has 2 aromatic rings. The summed E-state index contributed by atoms with van der Waals surface area (Å²) in [4.78, 5) is 71.9. The van der Waals surface area contributed by atoms with Gasteiger partial charge in [0.15, 0.2) is 0 Å². The predicted octanol–water partition coefficient (Wildman–Crippen LogP) is -0.714. The number of carbonyl (C=O) groups excluding carboxylic acids is 2. The Morgan fingerprint density at radius 1 is 0.640 bits per heavy atom. The highest BCUT2D eigenvalue weighted by molar-refractivity contribution is 5.80. The van der Waals surface area contributed by atoms with Crippen LogP contribution < -0.4 is 16.5 Å². The number of nitrogens with zero attached hydrogens (tertiary/aromatic N) is 4. The number of benzene rings is 2. The number of nitrogens with two attached hydrogens (primary N) is 1. The molecule has 1 aliphatic heterocycles. The van der Waals surface area contributed by atoms with E-state index in [1.165, 1.54) is 0 Å². The number of hydroxylamine groups is 1. The molecule has 0 aromatic heterocycles. The average Bonchev–Trinajstić information content (AvgIpc) is 3.07. The van der Waals surface area contributed by atoms with E-state index in [2.05, 4.69) is 10.8 Å². The lowest BCUT2D eigenvalue weighted by atomic mass is 10.1. The van der Waals surface area contributed by atoms with Crippen molar-refractivity contribution >= 4 is 29.7 Å². The SMILES string of the molecule is N[C@@H](CCc1ccccc1)C(=O)NOCc1ccc(CNC(=O)CN2CCN(CC(=O)O)CCN(CC(=O)O)CCN(CC(=O)O)CC2)cc1. The summed E-state index contributed by atoms with van der Waals surface area (Å²) in [5.74, 6) is -3.70. The second kappa shape index (κ2) is 21.6. The zero-order chi connectivity index (χ0) is 36.3. The van der Waals surface area contributed by atoms with Crippen LogP contribution in [-0.2, 0) is 48.4 Å². The minimum Gasteiger partial charge on any atom is -0.480 e. The smallest absolute Gasteiger partial charge is 0.317 e. The maximum atomic E-state index is 13.0. The fourth-order valence-electron chi connectivity index (χ4n) is 5.36. The van der Waals surface area contributed by atoms with Crippen molar-refractivity contribution in [2.45, 2.75) is 32.0 Å². The summed E-state index contributed by atoms with van der Waals surface area (Å²) in [6.45, 7) is 2.24. The number of hydrogen-bond donors (Lipinski definition) is 6. The van der Waals surface area contributed by atoms with Crippen LogP contribution in [0.25, 0.3) is 0 Å². The summed E-state index contributed by atoms with van der Waals surface area (Å²) in [6.07, 6.45) is 1.16. The van der Waals surface area contributed by atoms with Crippen molar-refractivity contribution in [3.05, 3.63) is 71.3 Å². The zero-order valence-corrected chi connectivity index (χ0v) is 28.2. The first-order chi connectivity index (χ1) is 24.0. The van der Waals surface area contributed by atoms with Gasteiger partial charge < -0.3 is 26.4 Å². The molecule has 1 aliphatic rings. The van der Waals surface area contributed by atoms with Crippen LogP contribution in [0, 0.1) is 0 Å². The summed E-state index contributed by atoms with van der Waals surface area (Å²) < 4.78 is 0. The van der Waals surface area contributed by atoms with Crippen LogP contribution in [-0.4, -0.2) is 149 Å². The highest BCUT2D eigenvalue weighted by Crippen LogP contribution is 2.07.